The van der Waals surface area contributed by atoms with E-state index in [1.807, 2.05) is 6.07 Å². The average Bonchev–Trinajstić information content (AvgIpc) is 2.36. The second kappa shape index (κ2) is 5.88. The molecule has 0 aliphatic rings. The van der Waals surface area contributed by atoms with Crippen LogP contribution in [0.15, 0.2) is 54.6 Å². The minimum atomic E-state index is 0.335. The number of hydrogen-bond donors (Lipinski definition) is 0. The molecule has 0 amide bonds. The number of benzene rings is 2. The number of hydrogen-bond acceptors (Lipinski definition) is 0. The van der Waals surface area contributed by atoms with Crippen LogP contribution in [0, 0.1) is 5.41 Å². The monoisotopic (exact) mass is 250 g/mol. The van der Waals surface area contributed by atoms with Gasteiger partial charge in [-0.3, -0.25) is 0 Å². The Bertz CT molecular complexity index is 542. The van der Waals surface area contributed by atoms with Crippen molar-refractivity contribution >= 4 is 12.2 Å². The van der Waals surface area contributed by atoms with Gasteiger partial charge in [-0.05, 0) is 28.5 Å². The zero-order chi connectivity index (χ0) is 13.7. The van der Waals surface area contributed by atoms with Crippen LogP contribution < -0.4 is 0 Å². The molecule has 0 unspecified atom stereocenters. The van der Waals surface area contributed by atoms with E-state index < -0.39 is 0 Å². The van der Waals surface area contributed by atoms with Gasteiger partial charge in [0.25, 0.3) is 0 Å². The molecule has 0 bridgehead atoms. The van der Waals surface area contributed by atoms with Gasteiger partial charge in [-0.2, -0.15) is 0 Å². The van der Waals surface area contributed by atoms with Crippen LogP contribution in [-0.4, -0.2) is 0 Å². The molecule has 98 valence electrons. The zero-order valence-electron chi connectivity index (χ0n) is 12.1. The van der Waals surface area contributed by atoms with Gasteiger partial charge >= 0.3 is 0 Å². The van der Waals surface area contributed by atoms with E-state index in [1.165, 1.54) is 16.7 Å². The number of rotatable bonds is 3. The molecular formula is C19H22. The van der Waals surface area contributed by atoms with Crippen molar-refractivity contribution in [3.63, 3.8) is 0 Å². The summed E-state index contributed by atoms with van der Waals surface area (Å²) >= 11 is 0. The lowest BCUT2D eigenvalue weighted by Crippen LogP contribution is -2.08. The SMILES string of the molecule is CC(C)(C)Cc1cccc(/C=C/c2ccccc2)c1. The van der Waals surface area contributed by atoms with Crippen molar-refractivity contribution in [1.82, 2.24) is 0 Å². The minimum Gasteiger partial charge on any atom is -0.0622 e. The molecule has 0 aliphatic carbocycles. The van der Waals surface area contributed by atoms with Crippen LogP contribution in [0.5, 0.6) is 0 Å². The van der Waals surface area contributed by atoms with Crippen LogP contribution in [0.4, 0.5) is 0 Å². The summed E-state index contributed by atoms with van der Waals surface area (Å²) in [7, 11) is 0. The molecule has 0 N–H and O–H groups in total. The maximum atomic E-state index is 2.28. The molecule has 0 saturated carbocycles. The second-order valence-corrected chi connectivity index (χ2v) is 6.23. The Balaban J connectivity index is 2.13. The third-order valence-corrected chi connectivity index (χ3v) is 2.95. The lowest BCUT2D eigenvalue weighted by molar-refractivity contribution is 0.411. The molecule has 0 aromatic heterocycles. The van der Waals surface area contributed by atoms with Gasteiger partial charge in [-0.15, -0.1) is 0 Å². The summed E-state index contributed by atoms with van der Waals surface area (Å²) in [6.45, 7) is 6.83. The Morgan fingerprint density at radius 2 is 1.42 bits per heavy atom. The van der Waals surface area contributed by atoms with E-state index in [-0.39, 0.29) is 0 Å². The normalized spacial score (nSPS) is 11.9. The first-order valence-corrected chi connectivity index (χ1v) is 6.85. The Kier molecular flexibility index (Phi) is 4.21. The topological polar surface area (TPSA) is 0 Å². The molecule has 2 rings (SSSR count). The first-order valence-electron chi connectivity index (χ1n) is 6.85. The van der Waals surface area contributed by atoms with Crippen LogP contribution in [0.2, 0.25) is 0 Å². The summed E-state index contributed by atoms with van der Waals surface area (Å²) < 4.78 is 0. The highest BCUT2D eigenvalue weighted by atomic mass is 14.2. The fraction of sp³-hybridized carbons (Fsp3) is 0.263. The minimum absolute atomic E-state index is 0.335. The highest BCUT2D eigenvalue weighted by Crippen LogP contribution is 2.21. The fourth-order valence-corrected chi connectivity index (χ4v) is 2.18. The van der Waals surface area contributed by atoms with E-state index in [0.717, 1.165) is 6.42 Å². The maximum absolute atomic E-state index is 2.28. The molecule has 0 nitrogen and oxygen atoms in total. The third kappa shape index (κ3) is 4.75. The molecule has 2 aromatic carbocycles. The summed E-state index contributed by atoms with van der Waals surface area (Å²) in [5, 5.41) is 0. The molecule has 0 heteroatoms. The van der Waals surface area contributed by atoms with Crippen molar-refractivity contribution in [3.8, 4) is 0 Å². The summed E-state index contributed by atoms with van der Waals surface area (Å²) in [5.74, 6) is 0. The van der Waals surface area contributed by atoms with Crippen molar-refractivity contribution in [2.45, 2.75) is 27.2 Å². The van der Waals surface area contributed by atoms with E-state index in [4.69, 9.17) is 0 Å². The summed E-state index contributed by atoms with van der Waals surface area (Å²) in [6.07, 6.45) is 5.46. The first-order chi connectivity index (χ1) is 9.03. The van der Waals surface area contributed by atoms with Crippen LogP contribution >= 0.6 is 0 Å². The van der Waals surface area contributed by atoms with Crippen molar-refractivity contribution in [2.75, 3.05) is 0 Å². The molecule has 0 saturated heterocycles. The molecule has 2 aromatic rings. The molecule has 0 aliphatic heterocycles. The van der Waals surface area contributed by atoms with Crippen molar-refractivity contribution in [1.29, 1.82) is 0 Å². The largest absolute Gasteiger partial charge is 0.0622 e. The second-order valence-electron chi connectivity index (χ2n) is 6.23. The highest BCUT2D eigenvalue weighted by Gasteiger charge is 2.10. The lowest BCUT2D eigenvalue weighted by Gasteiger charge is -2.18. The molecule has 0 heterocycles. The van der Waals surface area contributed by atoms with Crippen molar-refractivity contribution in [2.24, 2.45) is 5.41 Å². The van der Waals surface area contributed by atoms with E-state index in [0.29, 0.717) is 5.41 Å². The Morgan fingerprint density at radius 1 is 0.789 bits per heavy atom. The van der Waals surface area contributed by atoms with Crippen LogP contribution in [0.3, 0.4) is 0 Å². The summed E-state index contributed by atoms with van der Waals surface area (Å²) in [4.78, 5) is 0. The van der Waals surface area contributed by atoms with Crippen molar-refractivity contribution in [3.05, 3.63) is 71.3 Å². The van der Waals surface area contributed by atoms with Crippen LogP contribution in [0.1, 0.15) is 37.5 Å². The van der Waals surface area contributed by atoms with Gasteiger partial charge in [0.1, 0.15) is 0 Å². The molecule has 0 spiro atoms. The third-order valence-electron chi connectivity index (χ3n) is 2.95. The Hall–Kier alpha value is -1.82. The van der Waals surface area contributed by atoms with Gasteiger partial charge in [-0.25, -0.2) is 0 Å². The van der Waals surface area contributed by atoms with Gasteiger partial charge in [-0.1, -0.05) is 87.5 Å². The van der Waals surface area contributed by atoms with E-state index in [9.17, 15) is 0 Å². The van der Waals surface area contributed by atoms with Crippen LogP contribution in [0.25, 0.3) is 12.2 Å². The Morgan fingerprint density at radius 3 is 2.11 bits per heavy atom. The standard InChI is InChI=1S/C19H22/c1-19(2,3)15-18-11-7-10-17(14-18)13-12-16-8-5-4-6-9-16/h4-14H,15H2,1-3H3/b13-12+. The predicted molar refractivity (Wildman–Crippen MR) is 85.0 cm³/mol. The van der Waals surface area contributed by atoms with Gasteiger partial charge in [0.05, 0.1) is 0 Å². The Labute approximate surface area is 116 Å². The van der Waals surface area contributed by atoms with E-state index >= 15 is 0 Å². The summed E-state index contributed by atoms with van der Waals surface area (Å²) in [5.41, 5.74) is 4.25. The van der Waals surface area contributed by atoms with E-state index in [2.05, 4.69) is 81.5 Å². The zero-order valence-corrected chi connectivity index (χ0v) is 12.1. The quantitative estimate of drug-likeness (QED) is 0.636. The molecule has 19 heavy (non-hydrogen) atoms. The molecule has 0 radical (unpaired) electrons. The maximum Gasteiger partial charge on any atom is -0.0230 e. The van der Waals surface area contributed by atoms with Gasteiger partial charge in [0, 0.05) is 0 Å². The van der Waals surface area contributed by atoms with Crippen molar-refractivity contribution < 1.29 is 0 Å². The fourth-order valence-electron chi connectivity index (χ4n) is 2.18. The smallest absolute Gasteiger partial charge is 0.0230 e. The highest BCUT2D eigenvalue weighted by molar-refractivity contribution is 5.69. The average molecular weight is 250 g/mol. The van der Waals surface area contributed by atoms with E-state index in [1.54, 1.807) is 0 Å². The van der Waals surface area contributed by atoms with Gasteiger partial charge < -0.3 is 0 Å². The lowest BCUT2D eigenvalue weighted by atomic mass is 9.88. The van der Waals surface area contributed by atoms with Gasteiger partial charge in [0.2, 0.25) is 0 Å². The molecule has 0 atom stereocenters. The molecule has 0 fully saturated rings. The van der Waals surface area contributed by atoms with Crippen LogP contribution in [-0.2, 0) is 6.42 Å². The van der Waals surface area contributed by atoms with Gasteiger partial charge in [0.15, 0.2) is 0 Å². The first kappa shape index (κ1) is 13.6. The molecular weight excluding hydrogens is 228 g/mol. The summed E-state index contributed by atoms with van der Waals surface area (Å²) in [6, 6.07) is 19.2. The predicted octanol–water partition coefficient (Wildman–Crippen LogP) is 5.45.